The van der Waals surface area contributed by atoms with Crippen LogP contribution in [0.5, 0.6) is 0 Å². The van der Waals surface area contributed by atoms with Crippen LogP contribution in [0.3, 0.4) is 0 Å². The molecule has 2 heterocycles. The van der Waals surface area contributed by atoms with E-state index in [4.69, 9.17) is 4.74 Å². The molecule has 1 aliphatic heterocycles. The second kappa shape index (κ2) is 6.16. The van der Waals surface area contributed by atoms with E-state index in [0.29, 0.717) is 12.1 Å². The molecule has 1 fully saturated rings. The molecule has 7 heteroatoms. The Morgan fingerprint density at radius 2 is 2.22 bits per heavy atom. The van der Waals surface area contributed by atoms with Gasteiger partial charge in [-0.3, -0.25) is 9.88 Å². The Hall–Kier alpha value is -2.15. The summed E-state index contributed by atoms with van der Waals surface area (Å²) < 4.78 is 28.7. The first-order chi connectivity index (χ1) is 11.0. The van der Waals surface area contributed by atoms with E-state index >= 15 is 0 Å². The standard InChI is InChI=1S/C16H18N2O4S/c1-2-22-16(19)18(14-7-9-23(20,21)11-14)13-5-6-15-12(10-13)4-3-8-17-15/h3-6,8,10,14H,2,7,9,11H2,1H3. The van der Waals surface area contributed by atoms with Crippen molar-refractivity contribution in [2.45, 2.75) is 19.4 Å². The summed E-state index contributed by atoms with van der Waals surface area (Å²) in [6.07, 6.45) is 1.61. The third kappa shape index (κ3) is 3.29. The van der Waals surface area contributed by atoms with Crippen LogP contribution in [0, 0.1) is 0 Å². The van der Waals surface area contributed by atoms with Crippen LogP contribution in [0.4, 0.5) is 10.5 Å². The van der Waals surface area contributed by atoms with Crippen LogP contribution < -0.4 is 4.90 Å². The van der Waals surface area contributed by atoms with Gasteiger partial charge in [0.2, 0.25) is 0 Å². The van der Waals surface area contributed by atoms with E-state index in [1.165, 1.54) is 4.90 Å². The maximum Gasteiger partial charge on any atom is 0.414 e. The Morgan fingerprint density at radius 1 is 1.39 bits per heavy atom. The molecule has 23 heavy (non-hydrogen) atoms. The highest BCUT2D eigenvalue weighted by Gasteiger charge is 2.36. The Morgan fingerprint density at radius 3 is 2.91 bits per heavy atom. The number of sulfone groups is 1. The van der Waals surface area contributed by atoms with E-state index < -0.39 is 22.0 Å². The van der Waals surface area contributed by atoms with Crippen LogP contribution in [-0.4, -0.2) is 43.6 Å². The number of amides is 1. The van der Waals surface area contributed by atoms with Gasteiger partial charge in [-0.2, -0.15) is 0 Å². The zero-order valence-electron chi connectivity index (χ0n) is 12.8. The first-order valence-corrected chi connectivity index (χ1v) is 9.33. The molecular weight excluding hydrogens is 316 g/mol. The molecule has 1 atom stereocenters. The average Bonchev–Trinajstić information content (AvgIpc) is 2.87. The monoisotopic (exact) mass is 334 g/mol. The van der Waals surface area contributed by atoms with Crippen molar-refractivity contribution < 1.29 is 17.9 Å². The molecule has 6 nitrogen and oxygen atoms in total. The molecule has 1 aliphatic rings. The van der Waals surface area contributed by atoms with Gasteiger partial charge in [-0.15, -0.1) is 0 Å². The van der Waals surface area contributed by atoms with E-state index in [9.17, 15) is 13.2 Å². The van der Waals surface area contributed by atoms with Crippen molar-refractivity contribution >= 4 is 32.5 Å². The lowest BCUT2D eigenvalue weighted by molar-refractivity contribution is 0.157. The number of ether oxygens (including phenoxy) is 1. The molecule has 1 aromatic carbocycles. The lowest BCUT2D eigenvalue weighted by Gasteiger charge is -2.27. The summed E-state index contributed by atoms with van der Waals surface area (Å²) in [5, 5.41) is 0.889. The third-order valence-electron chi connectivity index (χ3n) is 3.90. The van der Waals surface area contributed by atoms with Crippen molar-refractivity contribution in [2.75, 3.05) is 23.0 Å². The van der Waals surface area contributed by atoms with Gasteiger partial charge in [0, 0.05) is 17.3 Å². The van der Waals surface area contributed by atoms with Gasteiger partial charge in [-0.1, -0.05) is 6.07 Å². The Balaban J connectivity index is 2.01. The minimum absolute atomic E-state index is 0.0309. The fourth-order valence-electron chi connectivity index (χ4n) is 2.85. The van der Waals surface area contributed by atoms with Crippen LogP contribution in [0.2, 0.25) is 0 Å². The number of nitrogens with zero attached hydrogens (tertiary/aromatic N) is 2. The lowest BCUT2D eigenvalue weighted by Crippen LogP contribution is -2.41. The number of fused-ring (bicyclic) bond motifs is 1. The zero-order valence-corrected chi connectivity index (χ0v) is 13.6. The van der Waals surface area contributed by atoms with Crippen molar-refractivity contribution in [1.82, 2.24) is 4.98 Å². The Kier molecular flexibility index (Phi) is 4.21. The first-order valence-electron chi connectivity index (χ1n) is 7.51. The summed E-state index contributed by atoms with van der Waals surface area (Å²) in [6.45, 7) is 1.97. The van der Waals surface area contributed by atoms with Gasteiger partial charge in [0.25, 0.3) is 0 Å². The van der Waals surface area contributed by atoms with E-state index in [-0.39, 0.29) is 18.1 Å². The first kappa shape index (κ1) is 15.7. The predicted octanol–water partition coefficient (Wildman–Crippen LogP) is 2.38. The van der Waals surface area contributed by atoms with Crippen molar-refractivity contribution in [3.8, 4) is 0 Å². The molecule has 0 N–H and O–H groups in total. The quantitative estimate of drug-likeness (QED) is 0.861. The number of hydrogen-bond donors (Lipinski definition) is 0. The smallest absolute Gasteiger partial charge is 0.414 e. The van der Waals surface area contributed by atoms with Gasteiger partial charge < -0.3 is 4.74 Å². The van der Waals surface area contributed by atoms with Crippen molar-refractivity contribution in [1.29, 1.82) is 0 Å². The molecule has 1 unspecified atom stereocenters. The Bertz CT molecular complexity index is 835. The van der Waals surface area contributed by atoms with Crippen LogP contribution in [0.1, 0.15) is 13.3 Å². The molecular formula is C16H18N2O4S. The highest BCUT2D eigenvalue weighted by molar-refractivity contribution is 7.91. The molecule has 0 spiro atoms. The molecule has 1 amide bonds. The van der Waals surface area contributed by atoms with Crippen molar-refractivity contribution in [3.05, 3.63) is 36.5 Å². The van der Waals surface area contributed by atoms with Gasteiger partial charge >= 0.3 is 6.09 Å². The fourth-order valence-corrected chi connectivity index (χ4v) is 4.55. The maximum absolute atomic E-state index is 12.4. The molecule has 1 aromatic heterocycles. The number of carbonyl (C=O) groups is 1. The van der Waals surface area contributed by atoms with Gasteiger partial charge in [-0.25, -0.2) is 13.2 Å². The van der Waals surface area contributed by atoms with Gasteiger partial charge in [0.15, 0.2) is 9.84 Å². The Labute approximate surface area is 135 Å². The number of anilines is 1. The molecule has 1 saturated heterocycles. The molecule has 0 aliphatic carbocycles. The van der Waals surface area contributed by atoms with Gasteiger partial charge in [0.1, 0.15) is 0 Å². The number of hydrogen-bond acceptors (Lipinski definition) is 5. The minimum Gasteiger partial charge on any atom is -0.449 e. The molecule has 3 rings (SSSR count). The van der Waals surface area contributed by atoms with Crippen molar-refractivity contribution in [2.24, 2.45) is 0 Å². The lowest BCUT2D eigenvalue weighted by atomic mass is 10.1. The summed E-state index contributed by atoms with van der Waals surface area (Å²) >= 11 is 0. The minimum atomic E-state index is -3.10. The SMILES string of the molecule is CCOC(=O)N(c1ccc2ncccc2c1)C1CCS(=O)(=O)C1. The molecule has 2 aromatic rings. The van der Waals surface area contributed by atoms with Gasteiger partial charge in [0.05, 0.1) is 29.7 Å². The van der Waals surface area contributed by atoms with E-state index in [1.807, 2.05) is 24.3 Å². The molecule has 122 valence electrons. The summed E-state index contributed by atoms with van der Waals surface area (Å²) in [5.74, 6) is 0.0690. The number of pyridine rings is 1. The number of benzene rings is 1. The number of aromatic nitrogens is 1. The molecule has 0 radical (unpaired) electrons. The number of carbonyl (C=O) groups excluding carboxylic acids is 1. The van der Waals surface area contributed by atoms with Gasteiger partial charge in [-0.05, 0) is 37.6 Å². The zero-order chi connectivity index (χ0) is 16.4. The summed E-state index contributed by atoms with van der Waals surface area (Å²) in [5.41, 5.74) is 1.45. The second-order valence-corrected chi connectivity index (χ2v) is 7.73. The third-order valence-corrected chi connectivity index (χ3v) is 5.65. The van der Waals surface area contributed by atoms with Crippen LogP contribution >= 0.6 is 0 Å². The van der Waals surface area contributed by atoms with Crippen LogP contribution in [0.15, 0.2) is 36.5 Å². The van der Waals surface area contributed by atoms with Crippen LogP contribution in [0.25, 0.3) is 10.9 Å². The largest absolute Gasteiger partial charge is 0.449 e. The maximum atomic E-state index is 12.4. The summed E-state index contributed by atoms with van der Waals surface area (Å²) in [4.78, 5) is 18.1. The fraction of sp³-hybridized carbons (Fsp3) is 0.375. The normalized spacial score (nSPS) is 19.6. The molecule has 0 bridgehead atoms. The predicted molar refractivity (Wildman–Crippen MR) is 88.3 cm³/mol. The highest BCUT2D eigenvalue weighted by atomic mass is 32.2. The van der Waals surface area contributed by atoms with E-state index in [1.54, 1.807) is 19.2 Å². The topological polar surface area (TPSA) is 76.6 Å². The summed E-state index contributed by atoms with van der Waals surface area (Å²) in [7, 11) is -3.10. The number of rotatable bonds is 3. The molecule has 0 saturated carbocycles. The van der Waals surface area contributed by atoms with E-state index in [0.717, 1.165) is 10.9 Å². The van der Waals surface area contributed by atoms with Crippen molar-refractivity contribution in [3.63, 3.8) is 0 Å². The average molecular weight is 334 g/mol. The van der Waals surface area contributed by atoms with Crippen LogP contribution in [-0.2, 0) is 14.6 Å². The highest BCUT2D eigenvalue weighted by Crippen LogP contribution is 2.27. The van der Waals surface area contributed by atoms with E-state index in [2.05, 4.69) is 4.98 Å². The second-order valence-electron chi connectivity index (χ2n) is 5.51. The summed E-state index contributed by atoms with van der Waals surface area (Å²) in [6, 6.07) is 8.76.